The van der Waals surface area contributed by atoms with Crippen molar-refractivity contribution in [2.45, 2.75) is 32.7 Å². The Morgan fingerprint density at radius 2 is 2.29 bits per heavy atom. The summed E-state index contributed by atoms with van der Waals surface area (Å²) >= 11 is 0. The minimum absolute atomic E-state index is 0.567. The Kier molecular flexibility index (Phi) is 4.00. The second-order valence-electron chi connectivity index (χ2n) is 4.72. The first-order valence-electron chi connectivity index (χ1n) is 6.68. The number of anilines is 1. The summed E-state index contributed by atoms with van der Waals surface area (Å²) in [4.78, 5) is 9.36. The Balaban J connectivity index is 2.31. The van der Waals surface area contributed by atoms with Gasteiger partial charge in [-0.1, -0.05) is 13.0 Å². The SMILES string of the molecule is CCN(C)c1ncccc1[C@H]1CCCN1CC. The van der Waals surface area contributed by atoms with Crippen molar-refractivity contribution in [1.82, 2.24) is 9.88 Å². The molecule has 0 unspecified atom stereocenters. The van der Waals surface area contributed by atoms with Gasteiger partial charge in [-0.05, 0) is 38.9 Å². The van der Waals surface area contributed by atoms with Crippen molar-refractivity contribution in [3.63, 3.8) is 0 Å². The van der Waals surface area contributed by atoms with Gasteiger partial charge in [-0.15, -0.1) is 0 Å². The van der Waals surface area contributed by atoms with Gasteiger partial charge in [0.15, 0.2) is 0 Å². The van der Waals surface area contributed by atoms with Crippen LogP contribution in [0.3, 0.4) is 0 Å². The molecule has 0 saturated carbocycles. The lowest BCUT2D eigenvalue weighted by Gasteiger charge is -2.27. The monoisotopic (exact) mass is 233 g/mol. The van der Waals surface area contributed by atoms with Crippen LogP contribution in [0.4, 0.5) is 5.82 Å². The van der Waals surface area contributed by atoms with Gasteiger partial charge in [0.05, 0.1) is 0 Å². The van der Waals surface area contributed by atoms with Crippen molar-refractivity contribution in [1.29, 1.82) is 0 Å². The summed E-state index contributed by atoms with van der Waals surface area (Å²) in [6.45, 7) is 7.78. The smallest absolute Gasteiger partial charge is 0.133 e. The molecule has 0 radical (unpaired) electrons. The molecule has 1 fully saturated rings. The van der Waals surface area contributed by atoms with E-state index in [4.69, 9.17) is 0 Å². The van der Waals surface area contributed by atoms with Crippen molar-refractivity contribution in [3.8, 4) is 0 Å². The van der Waals surface area contributed by atoms with E-state index in [1.54, 1.807) is 0 Å². The van der Waals surface area contributed by atoms with Gasteiger partial charge < -0.3 is 4.90 Å². The average molecular weight is 233 g/mol. The Bertz CT molecular complexity index is 364. The molecule has 1 aliphatic heterocycles. The number of rotatable bonds is 4. The van der Waals surface area contributed by atoms with Crippen LogP contribution in [0.2, 0.25) is 0 Å². The first-order chi connectivity index (χ1) is 8.27. The molecule has 1 aliphatic rings. The number of aromatic nitrogens is 1. The van der Waals surface area contributed by atoms with Gasteiger partial charge in [0.25, 0.3) is 0 Å². The highest BCUT2D eigenvalue weighted by atomic mass is 15.2. The average Bonchev–Trinajstić information content (AvgIpc) is 2.86. The molecule has 17 heavy (non-hydrogen) atoms. The fourth-order valence-corrected chi connectivity index (χ4v) is 2.70. The number of likely N-dealkylation sites (tertiary alicyclic amines) is 1. The minimum atomic E-state index is 0.567. The number of nitrogens with zero attached hydrogens (tertiary/aromatic N) is 3. The molecule has 0 bridgehead atoms. The minimum Gasteiger partial charge on any atom is -0.360 e. The summed E-state index contributed by atoms with van der Waals surface area (Å²) in [5.74, 6) is 1.15. The molecular weight excluding hydrogens is 210 g/mol. The molecule has 1 aromatic heterocycles. The molecular formula is C14H23N3. The maximum Gasteiger partial charge on any atom is 0.133 e. The second kappa shape index (κ2) is 5.50. The van der Waals surface area contributed by atoms with Crippen LogP contribution in [-0.2, 0) is 0 Å². The van der Waals surface area contributed by atoms with E-state index in [0.29, 0.717) is 6.04 Å². The maximum atomic E-state index is 4.56. The van der Waals surface area contributed by atoms with E-state index in [-0.39, 0.29) is 0 Å². The number of hydrogen-bond acceptors (Lipinski definition) is 3. The summed E-state index contributed by atoms with van der Waals surface area (Å²) < 4.78 is 0. The molecule has 1 saturated heterocycles. The van der Waals surface area contributed by atoms with Crippen LogP contribution in [0.1, 0.15) is 38.3 Å². The fraction of sp³-hybridized carbons (Fsp3) is 0.643. The van der Waals surface area contributed by atoms with Gasteiger partial charge in [-0.25, -0.2) is 4.98 Å². The van der Waals surface area contributed by atoms with E-state index in [0.717, 1.165) is 18.9 Å². The van der Waals surface area contributed by atoms with E-state index in [1.807, 2.05) is 6.20 Å². The third kappa shape index (κ3) is 2.44. The zero-order chi connectivity index (χ0) is 12.3. The Hall–Kier alpha value is -1.09. The van der Waals surface area contributed by atoms with Gasteiger partial charge >= 0.3 is 0 Å². The van der Waals surface area contributed by atoms with Crippen molar-refractivity contribution < 1.29 is 0 Å². The van der Waals surface area contributed by atoms with Crippen LogP contribution >= 0.6 is 0 Å². The number of pyridine rings is 1. The second-order valence-corrected chi connectivity index (χ2v) is 4.72. The van der Waals surface area contributed by atoms with E-state index < -0.39 is 0 Å². The first kappa shape index (κ1) is 12.4. The number of hydrogen-bond donors (Lipinski definition) is 0. The Morgan fingerprint density at radius 3 is 3.00 bits per heavy atom. The lowest BCUT2D eigenvalue weighted by atomic mass is 10.0. The topological polar surface area (TPSA) is 19.4 Å². The standard InChI is InChI=1S/C14H23N3/c1-4-16(3)14-12(8-6-10-15-14)13-9-7-11-17(13)5-2/h6,8,10,13H,4-5,7,9,11H2,1-3H3/t13-/m1/s1. The highest BCUT2D eigenvalue weighted by molar-refractivity contribution is 5.48. The van der Waals surface area contributed by atoms with E-state index in [1.165, 1.54) is 24.9 Å². The maximum absolute atomic E-state index is 4.56. The van der Waals surface area contributed by atoms with Gasteiger partial charge in [0.1, 0.15) is 5.82 Å². The lowest BCUT2D eigenvalue weighted by molar-refractivity contribution is 0.271. The zero-order valence-electron chi connectivity index (χ0n) is 11.2. The summed E-state index contributed by atoms with van der Waals surface area (Å²) in [5, 5.41) is 0. The van der Waals surface area contributed by atoms with Gasteiger partial charge in [0.2, 0.25) is 0 Å². The van der Waals surface area contributed by atoms with E-state index >= 15 is 0 Å². The molecule has 0 spiro atoms. The molecule has 0 amide bonds. The Morgan fingerprint density at radius 1 is 1.47 bits per heavy atom. The van der Waals surface area contributed by atoms with E-state index in [9.17, 15) is 0 Å². The molecule has 1 aromatic rings. The molecule has 3 heteroatoms. The molecule has 0 N–H and O–H groups in total. The summed E-state index contributed by atoms with van der Waals surface area (Å²) in [6.07, 6.45) is 4.48. The highest BCUT2D eigenvalue weighted by Gasteiger charge is 2.27. The van der Waals surface area contributed by atoms with Crippen LogP contribution in [0.25, 0.3) is 0 Å². The largest absolute Gasteiger partial charge is 0.360 e. The molecule has 0 aromatic carbocycles. The summed E-state index contributed by atoms with van der Waals surface area (Å²) in [7, 11) is 2.12. The Labute approximate surface area is 104 Å². The predicted molar refractivity (Wildman–Crippen MR) is 72.4 cm³/mol. The fourth-order valence-electron chi connectivity index (χ4n) is 2.70. The molecule has 0 aliphatic carbocycles. The van der Waals surface area contributed by atoms with Crippen LogP contribution < -0.4 is 4.90 Å². The van der Waals surface area contributed by atoms with Crippen LogP contribution in [0, 0.1) is 0 Å². The molecule has 2 heterocycles. The highest BCUT2D eigenvalue weighted by Crippen LogP contribution is 2.35. The predicted octanol–water partition coefficient (Wildman–Crippen LogP) is 2.69. The van der Waals surface area contributed by atoms with Crippen LogP contribution in [-0.4, -0.2) is 36.6 Å². The van der Waals surface area contributed by atoms with Crippen LogP contribution in [0.5, 0.6) is 0 Å². The summed E-state index contributed by atoms with van der Waals surface area (Å²) in [5.41, 5.74) is 1.40. The zero-order valence-corrected chi connectivity index (χ0v) is 11.2. The van der Waals surface area contributed by atoms with Gasteiger partial charge in [-0.3, -0.25) is 4.90 Å². The third-order valence-electron chi connectivity index (χ3n) is 3.78. The van der Waals surface area contributed by atoms with Crippen molar-refractivity contribution >= 4 is 5.82 Å². The third-order valence-corrected chi connectivity index (χ3v) is 3.78. The van der Waals surface area contributed by atoms with Gasteiger partial charge in [-0.2, -0.15) is 0 Å². The summed E-state index contributed by atoms with van der Waals surface area (Å²) in [6, 6.07) is 4.87. The van der Waals surface area contributed by atoms with Gasteiger partial charge in [0, 0.05) is 31.4 Å². The van der Waals surface area contributed by atoms with Crippen molar-refractivity contribution in [3.05, 3.63) is 23.9 Å². The lowest BCUT2D eigenvalue weighted by Crippen LogP contribution is -2.26. The quantitative estimate of drug-likeness (QED) is 0.797. The molecule has 2 rings (SSSR count). The van der Waals surface area contributed by atoms with Crippen molar-refractivity contribution in [2.75, 3.05) is 31.6 Å². The van der Waals surface area contributed by atoms with Crippen LogP contribution in [0.15, 0.2) is 18.3 Å². The normalized spacial score (nSPS) is 20.8. The van der Waals surface area contributed by atoms with E-state index in [2.05, 4.69) is 47.8 Å². The molecule has 3 nitrogen and oxygen atoms in total. The first-order valence-corrected chi connectivity index (χ1v) is 6.68. The molecule has 1 atom stereocenters. The van der Waals surface area contributed by atoms with Crippen molar-refractivity contribution in [2.24, 2.45) is 0 Å². The molecule has 94 valence electrons.